The van der Waals surface area contributed by atoms with E-state index >= 15 is 0 Å². The van der Waals surface area contributed by atoms with Crippen LogP contribution in [0.1, 0.15) is 27.2 Å². The Kier molecular flexibility index (Phi) is 9.07. The molecule has 0 spiro atoms. The SMILES string of the molecule is CCCSP(=O)(SCC)N(C)C(C)=Nc1ccc(SC)cc1. The second-order valence-electron chi connectivity index (χ2n) is 4.60. The summed E-state index contributed by atoms with van der Waals surface area (Å²) in [5.41, 5.74) is -1.60. The summed E-state index contributed by atoms with van der Waals surface area (Å²) in [5.74, 6) is 2.54. The van der Waals surface area contributed by atoms with Crippen molar-refractivity contribution in [2.45, 2.75) is 32.1 Å². The monoisotopic (exact) mass is 376 g/mol. The Morgan fingerprint density at radius 3 is 2.36 bits per heavy atom. The zero-order valence-corrected chi connectivity index (χ0v) is 17.2. The second-order valence-corrected chi connectivity index (χ2v) is 13.7. The number of rotatable bonds is 8. The molecule has 3 nitrogen and oxygen atoms in total. The molecular weight excluding hydrogens is 351 g/mol. The van der Waals surface area contributed by atoms with Gasteiger partial charge in [-0.25, -0.2) is 4.99 Å². The highest BCUT2D eigenvalue weighted by Crippen LogP contribution is 2.70. The lowest BCUT2D eigenvalue weighted by Gasteiger charge is -2.28. The van der Waals surface area contributed by atoms with Gasteiger partial charge in [0.15, 0.2) is 0 Å². The molecule has 0 saturated carbocycles. The molecule has 0 radical (unpaired) electrons. The number of hydrogen-bond donors (Lipinski definition) is 0. The van der Waals surface area contributed by atoms with Gasteiger partial charge in [0.2, 0.25) is 0 Å². The fraction of sp³-hybridized carbons (Fsp3) is 0.533. The number of nitrogens with zero attached hydrogens (tertiary/aromatic N) is 2. The van der Waals surface area contributed by atoms with Gasteiger partial charge >= 0.3 is 0 Å². The number of thioether (sulfide) groups is 1. The van der Waals surface area contributed by atoms with Crippen LogP contribution >= 0.6 is 40.2 Å². The first-order valence-corrected chi connectivity index (χ1v) is 13.4. The Morgan fingerprint density at radius 1 is 1.23 bits per heavy atom. The molecule has 1 unspecified atom stereocenters. The van der Waals surface area contributed by atoms with E-state index in [1.165, 1.54) is 16.3 Å². The van der Waals surface area contributed by atoms with Crippen molar-refractivity contribution in [2.24, 2.45) is 4.99 Å². The van der Waals surface area contributed by atoms with Crippen molar-refractivity contribution >= 4 is 51.7 Å². The largest absolute Gasteiger partial charge is 0.298 e. The first kappa shape index (κ1) is 20.0. The van der Waals surface area contributed by atoms with Crippen LogP contribution in [0.3, 0.4) is 0 Å². The van der Waals surface area contributed by atoms with E-state index in [9.17, 15) is 4.57 Å². The van der Waals surface area contributed by atoms with Crippen molar-refractivity contribution in [2.75, 3.05) is 24.8 Å². The zero-order valence-electron chi connectivity index (χ0n) is 13.9. The molecule has 7 heteroatoms. The van der Waals surface area contributed by atoms with E-state index in [-0.39, 0.29) is 0 Å². The molecule has 0 N–H and O–H groups in total. The first-order valence-electron chi connectivity index (χ1n) is 7.29. The highest BCUT2D eigenvalue weighted by molar-refractivity contribution is 8.90. The minimum Gasteiger partial charge on any atom is -0.298 e. The minimum absolute atomic E-state index is 0.796. The van der Waals surface area contributed by atoms with Crippen LogP contribution in [0, 0.1) is 0 Å². The lowest BCUT2D eigenvalue weighted by molar-refractivity contribution is 0.567. The van der Waals surface area contributed by atoms with E-state index < -0.39 is 5.70 Å². The van der Waals surface area contributed by atoms with Gasteiger partial charge in [0, 0.05) is 17.7 Å². The van der Waals surface area contributed by atoms with Crippen LogP contribution in [0.15, 0.2) is 34.2 Å². The topological polar surface area (TPSA) is 32.7 Å². The van der Waals surface area contributed by atoms with Crippen molar-refractivity contribution in [3.8, 4) is 0 Å². The van der Waals surface area contributed by atoms with Crippen LogP contribution in [0.2, 0.25) is 0 Å². The third-order valence-electron chi connectivity index (χ3n) is 2.95. The summed E-state index contributed by atoms with van der Waals surface area (Å²) in [6.07, 6.45) is 3.08. The molecule has 0 heterocycles. The van der Waals surface area contributed by atoms with E-state index in [1.807, 2.05) is 37.7 Å². The van der Waals surface area contributed by atoms with Crippen molar-refractivity contribution in [3.05, 3.63) is 24.3 Å². The third kappa shape index (κ3) is 5.88. The van der Waals surface area contributed by atoms with E-state index in [0.717, 1.165) is 29.4 Å². The summed E-state index contributed by atoms with van der Waals surface area (Å²) in [7, 11) is 1.89. The molecule has 22 heavy (non-hydrogen) atoms. The van der Waals surface area contributed by atoms with Gasteiger partial charge in [-0.1, -0.05) is 36.6 Å². The molecule has 124 valence electrons. The molecule has 0 saturated heterocycles. The van der Waals surface area contributed by atoms with Gasteiger partial charge in [-0.3, -0.25) is 9.24 Å². The standard InChI is InChI=1S/C15H25N2OPS3/c1-6-12-22-19(18,21-7-2)17(4)13(3)16-14-8-10-15(20-5)11-9-14/h8-11H,6-7,12H2,1-5H3. The molecule has 1 aromatic carbocycles. The Morgan fingerprint density at radius 2 is 1.86 bits per heavy atom. The Balaban J connectivity index is 2.93. The summed E-state index contributed by atoms with van der Waals surface area (Å²) >= 11 is 4.81. The predicted octanol–water partition coefficient (Wildman–Crippen LogP) is 6.39. The summed E-state index contributed by atoms with van der Waals surface area (Å²) < 4.78 is 15.0. The van der Waals surface area contributed by atoms with Gasteiger partial charge < -0.3 is 0 Å². The maximum atomic E-state index is 13.2. The molecule has 0 amide bonds. The van der Waals surface area contributed by atoms with Crippen LogP contribution in [0.25, 0.3) is 0 Å². The second kappa shape index (κ2) is 9.96. The van der Waals surface area contributed by atoms with Gasteiger partial charge in [-0.2, -0.15) is 0 Å². The lowest BCUT2D eigenvalue weighted by Crippen LogP contribution is -2.18. The highest BCUT2D eigenvalue weighted by atomic mass is 33.1. The van der Waals surface area contributed by atoms with Crippen LogP contribution < -0.4 is 0 Å². The predicted molar refractivity (Wildman–Crippen MR) is 107 cm³/mol. The molecule has 0 aliphatic heterocycles. The molecular formula is C15H25N2OPS3. The van der Waals surface area contributed by atoms with Crippen LogP contribution in [0.5, 0.6) is 0 Å². The molecule has 0 aliphatic carbocycles. The summed E-state index contributed by atoms with van der Waals surface area (Å²) in [4.78, 5) is 5.84. The van der Waals surface area contributed by atoms with E-state index in [1.54, 1.807) is 23.1 Å². The zero-order chi connectivity index (χ0) is 16.6. The van der Waals surface area contributed by atoms with Gasteiger partial charge in [0.05, 0.1) is 5.69 Å². The average Bonchev–Trinajstić information content (AvgIpc) is 2.53. The average molecular weight is 377 g/mol. The third-order valence-corrected chi connectivity index (χ3v) is 12.9. The van der Waals surface area contributed by atoms with Gasteiger partial charge in [0.1, 0.15) is 5.84 Å². The Bertz CT molecular complexity index is 534. The maximum absolute atomic E-state index is 13.2. The fourth-order valence-corrected chi connectivity index (χ4v) is 10.1. The van der Waals surface area contributed by atoms with Gasteiger partial charge in [-0.05, 0) is 49.6 Å². The summed E-state index contributed by atoms with van der Waals surface area (Å²) in [6.45, 7) is 6.09. The van der Waals surface area contributed by atoms with Gasteiger partial charge in [0.25, 0.3) is 5.70 Å². The van der Waals surface area contributed by atoms with Gasteiger partial charge in [-0.15, -0.1) is 11.8 Å². The Labute approximate surface area is 147 Å². The van der Waals surface area contributed by atoms with Crippen molar-refractivity contribution in [1.82, 2.24) is 4.67 Å². The molecule has 0 aliphatic rings. The quantitative estimate of drug-likeness (QED) is 0.227. The molecule has 1 aromatic rings. The molecule has 1 atom stereocenters. The molecule has 0 fully saturated rings. The highest BCUT2D eigenvalue weighted by Gasteiger charge is 2.29. The van der Waals surface area contributed by atoms with E-state index in [4.69, 9.17) is 0 Å². The number of aliphatic imine (C=N–C) groups is 1. The molecule has 0 aromatic heterocycles. The maximum Gasteiger partial charge on any atom is 0.280 e. The van der Waals surface area contributed by atoms with Crippen LogP contribution in [-0.2, 0) is 4.57 Å². The van der Waals surface area contributed by atoms with Crippen LogP contribution in [0.4, 0.5) is 5.69 Å². The fourth-order valence-electron chi connectivity index (χ4n) is 1.67. The first-order chi connectivity index (χ1) is 10.5. The Hall–Kier alpha value is -0.0300. The lowest BCUT2D eigenvalue weighted by atomic mass is 10.3. The minimum atomic E-state index is -2.50. The number of hydrogen-bond acceptors (Lipinski definition) is 5. The number of amidine groups is 1. The molecule has 0 bridgehead atoms. The summed E-state index contributed by atoms with van der Waals surface area (Å²) in [6, 6.07) is 8.12. The van der Waals surface area contributed by atoms with Crippen LogP contribution in [-0.4, -0.2) is 35.3 Å². The number of benzene rings is 1. The van der Waals surface area contributed by atoms with Crippen molar-refractivity contribution in [3.63, 3.8) is 0 Å². The summed E-state index contributed by atoms with van der Waals surface area (Å²) in [5, 5.41) is 0. The van der Waals surface area contributed by atoms with E-state index in [2.05, 4.69) is 30.3 Å². The molecule has 1 rings (SSSR count). The van der Waals surface area contributed by atoms with Crippen molar-refractivity contribution in [1.29, 1.82) is 0 Å². The van der Waals surface area contributed by atoms with Crippen molar-refractivity contribution < 1.29 is 4.57 Å². The normalized spacial score (nSPS) is 14.7. The smallest absolute Gasteiger partial charge is 0.280 e. The van der Waals surface area contributed by atoms with E-state index in [0.29, 0.717) is 0 Å².